The van der Waals surface area contributed by atoms with E-state index in [1.807, 2.05) is 26.0 Å². The molecule has 1 aliphatic rings. The van der Waals surface area contributed by atoms with Gasteiger partial charge in [0.2, 0.25) is 0 Å². The van der Waals surface area contributed by atoms with Gasteiger partial charge in [-0.2, -0.15) is 0 Å². The molecule has 0 aliphatic heterocycles. The minimum absolute atomic E-state index is 0.975. The lowest BCUT2D eigenvalue weighted by molar-refractivity contribution is 0.542. The van der Waals surface area contributed by atoms with Crippen molar-refractivity contribution in [2.45, 2.75) is 40.0 Å². The Morgan fingerprint density at radius 2 is 1.07 bits per heavy atom. The molecule has 0 unspecified atom stereocenters. The largest absolute Gasteiger partial charge is 0.460 e. The Kier molecular flexibility index (Phi) is 10.1. The minimum Gasteiger partial charge on any atom is -0.460 e. The molecule has 2 aromatic heterocycles. The first-order valence-corrected chi connectivity index (χ1v) is 19.2. The van der Waals surface area contributed by atoms with Crippen LogP contribution in [0.2, 0.25) is 0 Å². The second-order valence-corrected chi connectivity index (χ2v) is 13.8. The fraction of sp³-hybridized carbons (Fsp3) is 0.115. The van der Waals surface area contributed by atoms with Gasteiger partial charge >= 0.3 is 0 Å². The van der Waals surface area contributed by atoms with Crippen LogP contribution in [-0.2, 0) is 12.8 Å². The zero-order chi connectivity index (χ0) is 36.9. The molecule has 0 fully saturated rings. The smallest absolute Gasteiger partial charge is 0.134 e. The van der Waals surface area contributed by atoms with Gasteiger partial charge in [-0.25, -0.2) is 0 Å². The van der Waals surface area contributed by atoms with Crippen LogP contribution in [0.5, 0.6) is 0 Å². The molecule has 9 aromatic rings. The van der Waals surface area contributed by atoms with Crippen LogP contribution >= 0.6 is 0 Å². The normalized spacial score (nSPS) is 12.0. The predicted molar refractivity (Wildman–Crippen MR) is 230 cm³/mol. The lowest BCUT2D eigenvalue weighted by Crippen LogP contribution is -1.99. The zero-order valence-corrected chi connectivity index (χ0v) is 31.3. The summed E-state index contributed by atoms with van der Waals surface area (Å²) in [5.41, 5.74) is 15.1. The first-order chi connectivity index (χ1) is 26.7. The van der Waals surface area contributed by atoms with Gasteiger partial charge in [-0.1, -0.05) is 171 Å². The highest BCUT2D eigenvalue weighted by molar-refractivity contribution is 6.10. The van der Waals surface area contributed by atoms with Crippen LogP contribution in [0.3, 0.4) is 0 Å². The molecule has 54 heavy (non-hydrogen) atoms. The number of rotatable bonds is 5. The van der Waals surface area contributed by atoms with Crippen molar-refractivity contribution in [1.29, 1.82) is 0 Å². The van der Waals surface area contributed by atoms with E-state index < -0.39 is 0 Å². The van der Waals surface area contributed by atoms with Gasteiger partial charge in [0.15, 0.2) is 0 Å². The zero-order valence-electron chi connectivity index (χ0n) is 31.3. The molecule has 1 aliphatic carbocycles. The number of fused-ring (bicyclic) bond motifs is 6. The number of hydrogen-bond donors (Lipinski definition) is 0. The second kappa shape index (κ2) is 15.7. The van der Waals surface area contributed by atoms with Crippen molar-refractivity contribution in [2.24, 2.45) is 0 Å². The molecule has 0 saturated carbocycles. The summed E-state index contributed by atoms with van der Waals surface area (Å²) in [4.78, 5) is 0. The number of para-hydroxylation sites is 3. The van der Waals surface area contributed by atoms with E-state index in [2.05, 4.69) is 181 Å². The summed E-state index contributed by atoms with van der Waals surface area (Å²) in [7, 11) is 0. The summed E-state index contributed by atoms with van der Waals surface area (Å²) in [5.74, 6) is 1.12. The molecule has 0 bridgehead atoms. The van der Waals surface area contributed by atoms with Gasteiger partial charge in [0.25, 0.3) is 0 Å². The van der Waals surface area contributed by atoms with Crippen molar-refractivity contribution in [1.82, 2.24) is 4.57 Å². The standard InChI is InChI=1S/C37H27NO.C13H12.C2H6/c1-2-8-29(9-3-1)38-34-12-6-4-10-30(34)32-24-28(19-20-35(32)38)27-17-14-25(15-18-27)22-26-16-21-37-33(23-26)31-11-5-7-13-36(31)39-37;1-11-7-9-13(10-8-11)12-5-3-2-4-6-12;1-2/h1-15,17-20,23-24H,16,21-22H2;2-10H,1H3;1-2H3. The van der Waals surface area contributed by atoms with Crippen LogP contribution in [-0.4, -0.2) is 4.57 Å². The first kappa shape index (κ1) is 34.7. The quantitative estimate of drug-likeness (QED) is 0.175. The van der Waals surface area contributed by atoms with Gasteiger partial charge < -0.3 is 8.98 Å². The third kappa shape index (κ3) is 7.04. The Balaban J connectivity index is 0.000000232. The van der Waals surface area contributed by atoms with Gasteiger partial charge in [0.05, 0.1) is 11.0 Å². The van der Waals surface area contributed by atoms with E-state index in [4.69, 9.17) is 4.42 Å². The SMILES string of the molecule is C1=C(Cc2ccc(-c3ccc4c(c3)c3ccccc3n4-c3ccccc3)cc2)CCc2oc3ccccc3c21.CC.Cc1ccc(-c2ccccc2)cc1. The van der Waals surface area contributed by atoms with Gasteiger partial charge in [-0.15, -0.1) is 0 Å². The molecule has 0 atom stereocenters. The van der Waals surface area contributed by atoms with E-state index in [1.54, 1.807) is 0 Å². The van der Waals surface area contributed by atoms with Crippen molar-refractivity contribution >= 4 is 38.9 Å². The third-order valence-electron chi connectivity index (χ3n) is 10.3. The summed E-state index contributed by atoms with van der Waals surface area (Å²) < 4.78 is 8.46. The Labute approximate surface area is 318 Å². The number of furan rings is 1. The van der Waals surface area contributed by atoms with Crippen molar-refractivity contribution in [2.75, 3.05) is 0 Å². The summed E-state index contributed by atoms with van der Waals surface area (Å²) in [6, 6.07) is 62.7. The average Bonchev–Trinajstić information content (AvgIpc) is 3.78. The van der Waals surface area contributed by atoms with Gasteiger partial charge in [0, 0.05) is 33.8 Å². The third-order valence-corrected chi connectivity index (χ3v) is 10.3. The van der Waals surface area contributed by atoms with E-state index in [-0.39, 0.29) is 0 Å². The molecule has 0 saturated heterocycles. The highest BCUT2D eigenvalue weighted by atomic mass is 16.3. The number of aryl methyl sites for hydroxylation is 2. The minimum atomic E-state index is 0.975. The molecule has 0 spiro atoms. The number of aromatic nitrogens is 1. The number of benzene rings is 7. The van der Waals surface area contributed by atoms with E-state index in [0.29, 0.717) is 0 Å². The number of allylic oxidation sites excluding steroid dienone is 1. The summed E-state index contributed by atoms with van der Waals surface area (Å²) in [6.45, 7) is 6.11. The topological polar surface area (TPSA) is 18.1 Å². The predicted octanol–water partition coefficient (Wildman–Crippen LogP) is 14.5. The Bertz CT molecular complexity index is 2680. The van der Waals surface area contributed by atoms with Crippen LogP contribution in [0, 0.1) is 6.92 Å². The van der Waals surface area contributed by atoms with Crippen LogP contribution in [0.15, 0.2) is 186 Å². The van der Waals surface area contributed by atoms with Crippen molar-refractivity contribution in [3.05, 3.63) is 204 Å². The number of hydrogen-bond acceptors (Lipinski definition) is 1. The molecule has 264 valence electrons. The van der Waals surface area contributed by atoms with Gasteiger partial charge in [-0.05, 0) is 84.0 Å². The maximum Gasteiger partial charge on any atom is 0.134 e. The molecule has 2 nitrogen and oxygen atoms in total. The van der Waals surface area contributed by atoms with E-state index >= 15 is 0 Å². The fourth-order valence-corrected chi connectivity index (χ4v) is 7.61. The first-order valence-electron chi connectivity index (χ1n) is 19.2. The fourth-order valence-electron chi connectivity index (χ4n) is 7.61. The number of nitrogens with zero attached hydrogens (tertiary/aromatic N) is 1. The van der Waals surface area contributed by atoms with E-state index in [0.717, 1.165) is 30.6 Å². The molecular weight excluding hydrogens is 655 g/mol. The Morgan fingerprint density at radius 1 is 0.500 bits per heavy atom. The highest BCUT2D eigenvalue weighted by Crippen LogP contribution is 2.36. The second-order valence-electron chi connectivity index (χ2n) is 13.8. The maximum atomic E-state index is 6.09. The Morgan fingerprint density at radius 3 is 1.83 bits per heavy atom. The molecule has 0 amide bonds. The molecule has 0 N–H and O–H groups in total. The molecule has 2 heterocycles. The van der Waals surface area contributed by atoms with Crippen molar-refractivity contribution < 1.29 is 4.42 Å². The van der Waals surface area contributed by atoms with E-state index in [9.17, 15) is 0 Å². The monoisotopic (exact) mass is 699 g/mol. The van der Waals surface area contributed by atoms with Crippen molar-refractivity contribution in [3.8, 4) is 27.9 Å². The van der Waals surface area contributed by atoms with Crippen LogP contribution in [0.25, 0.3) is 66.8 Å². The van der Waals surface area contributed by atoms with Gasteiger partial charge in [0.1, 0.15) is 11.3 Å². The maximum absolute atomic E-state index is 6.09. The highest BCUT2D eigenvalue weighted by Gasteiger charge is 2.18. The average molecular weight is 700 g/mol. The summed E-state index contributed by atoms with van der Waals surface area (Å²) in [6.07, 6.45) is 5.36. The molecule has 10 rings (SSSR count). The molecule has 0 radical (unpaired) electrons. The van der Waals surface area contributed by atoms with Crippen molar-refractivity contribution in [3.63, 3.8) is 0 Å². The molecular formula is C52H45NO. The molecule has 2 heteroatoms. The Hall–Kier alpha value is -6.38. The van der Waals surface area contributed by atoms with Crippen LogP contribution in [0.1, 0.15) is 42.7 Å². The summed E-state index contributed by atoms with van der Waals surface area (Å²) >= 11 is 0. The lowest BCUT2D eigenvalue weighted by Gasteiger charge is -2.13. The van der Waals surface area contributed by atoms with Crippen LogP contribution < -0.4 is 0 Å². The molecule has 7 aromatic carbocycles. The van der Waals surface area contributed by atoms with Crippen LogP contribution in [0.4, 0.5) is 0 Å². The lowest BCUT2D eigenvalue weighted by atomic mass is 9.91. The van der Waals surface area contributed by atoms with Gasteiger partial charge in [-0.3, -0.25) is 0 Å². The summed E-state index contributed by atoms with van der Waals surface area (Å²) in [5, 5.41) is 3.79. The van der Waals surface area contributed by atoms with E-state index in [1.165, 1.54) is 77.4 Å².